The maximum atomic E-state index is 12.6. The van der Waals surface area contributed by atoms with E-state index in [4.69, 9.17) is 9.47 Å². The first-order valence-electron chi connectivity index (χ1n) is 10.9. The van der Waals surface area contributed by atoms with Gasteiger partial charge in [0.2, 0.25) is 0 Å². The Morgan fingerprint density at radius 1 is 1.06 bits per heavy atom. The Balaban J connectivity index is 1.65. The molecule has 168 valence electrons. The van der Waals surface area contributed by atoms with Crippen molar-refractivity contribution in [2.45, 2.75) is 72.4 Å². The second-order valence-corrected chi connectivity index (χ2v) is 9.70. The highest BCUT2D eigenvalue weighted by Crippen LogP contribution is 2.60. The molecule has 1 saturated heterocycles. The number of hydrogen-bond donors (Lipinski definition) is 1. The SMILES string of the molecule is CC1=C[C@@](C)(O)[C@H](/C(C)=C/C=C/C=C/C=C/C2(C)C3OC(=O)[C@]2(C)C(=O)[C@@H]3C)O[C@@H]1C. The first-order valence-corrected chi connectivity index (χ1v) is 10.9. The molecular formula is C26H34O5. The van der Waals surface area contributed by atoms with E-state index in [1.807, 2.05) is 83.2 Å². The van der Waals surface area contributed by atoms with Gasteiger partial charge in [0.15, 0.2) is 5.78 Å². The summed E-state index contributed by atoms with van der Waals surface area (Å²) in [6.45, 7) is 13.1. The number of Topliss-reactive ketones (excluding diaryl/α,β-unsaturated/α-hetero) is 1. The zero-order valence-corrected chi connectivity index (χ0v) is 19.5. The Morgan fingerprint density at radius 3 is 2.32 bits per heavy atom. The Bertz CT molecular complexity index is 918. The van der Waals surface area contributed by atoms with Gasteiger partial charge in [-0.15, -0.1) is 0 Å². The lowest BCUT2D eigenvalue weighted by Crippen LogP contribution is -2.46. The summed E-state index contributed by atoms with van der Waals surface area (Å²) in [4.78, 5) is 24.8. The van der Waals surface area contributed by atoms with Crippen LogP contribution in [-0.4, -0.2) is 40.8 Å². The number of carbonyl (C=O) groups is 2. The first kappa shape index (κ1) is 23.4. The number of ether oxygens (including phenoxy) is 2. The minimum Gasteiger partial charge on any atom is -0.460 e. The third-order valence-corrected chi connectivity index (χ3v) is 7.36. The Hall–Kier alpha value is -2.24. The molecule has 0 aromatic heterocycles. The highest BCUT2D eigenvalue weighted by molar-refractivity contribution is 6.10. The molecular weight excluding hydrogens is 392 g/mol. The number of rotatable bonds is 5. The molecule has 5 nitrogen and oxygen atoms in total. The lowest BCUT2D eigenvalue weighted by Gasteiger charge is -2.38. The average molecular weight is 427 g/mol. The number of aliphatic hydroxyl groups is 1. The summed E-state index contributed by atoms with van der Waals surface area (Å²) >= 11 is 0. The molecule has 0 aromatic rings. The number of hydrogen-bond acceptors (Lipinski definition) is 5. The summed E-state index contributed by atoms with van der Waals surface area (Å²) in [5.41, 5.74) is -0.827. The van der Waals surface area contributed by atoms with Crippen LogP contribution in [0.3, 0.4) is 0 Å². The molecule has 0 aromatic carbocycles. The van der Waals surface area contributed by atoms with Gasteiger partial charge in [-0.05, 0) is 51.8 Å². The van der Waals surface area contributed by atoms with Gasteiger partial charge < -0.3 is 14.6 Å². The van der Waals surface area contributed by atoms with E-state index in [1.165, 1.54) is 0 Å². The van der Waals surface area contributed by atoms with Crippen LogP contribution in [0.4, 0.5) is 0 Å². The summed E-state index contributed by atoms with van der Waals surface area (Å²) in [5, 5.41) is 10.7. The van der Waals surface area contributed by atoms with E-state index in [9.17, 15) is 14.7 Å². The Kier molecular flexibility index (Phi) is 6.07. The lowest BCUT2D eigenvalue weighted by atomic mass is 9.68. The van der Waals surface area contributed by atoms with Crippen LogP contribution in [0.1, 0.15) is 48.5 Å². The Morgan fingerprint density at radius 2 is 1.68 bits per heavy atom. The third kappa shape index (κ3) is 3.68. The predicted molar refractivity (Wildman–Crippen MR) is 120 cm³/mol. The second kappa shape index (κ2) is 8.03. The first-order chi connectivity index (χ1) is 14.4. The van der Waals surface area contributed by atoms with Gasteiger partial charge in [-0.2, -0.15) is 0 Å². The molecule has 0 radical (unpaired) electrons. The minimum absolute atomic E-state index is 0.0258. The molecule has 31 heavy (non-hydrogen) atoms. The summed E-state index contributed by atoms with van der Waals surface area (Å²) in [7, 11) is 0. The summed E-state index contributed by atoms with van der Waals surface area (Å²) in [5.74, 6) is -0.738. The molecule has 1 aliphatic carbocycles. The van der Waals surface area contributed by atoms with Crippen molar-refractivity contribution in [1.29, 1.82) is 0 Å². The lowest BCUT2D eigenvalue weighted by molar-refractivity contribution is -0.161. The van der Waals surface area contributed by atoms with Crippen molar-refractivity contribution in [3.8, 4) is 0 Å². The second-order valence-electron chi connectivity index (χ2n) is 9.70. The standard InChI is InChI=1S/C26H34O5/c1-16(21-25(6,29)15-17(2)19(4)30-21)13-11-9-8-10-12-14-24(5)22-18(3)20(27)26(24,7)23(28)31-22/h8-15,18-19,21-22,29H,1-7H3/b10-8+,11-9+,14-12+,16-13+/t18-,19+,21-,22?,24?,25+,26-/m0/s1. The molecule has 2 unspecified atom stereocenters. The van der Waals surface area contributed by atoms with Gasteiger partial charge in [0.05, 0.1) is 12.0 Å². The van der Waals surface area contributed by atoms with Crippen LogP contribution < -0.4 is 0 Å². The fraction of sp³-hybridized carbons (Fsp3) is 0.538. The molecule has 5 heteroatoms. The maximum absolute atomic E-state index is 12.6. The van der Waals surface area contributed by atoms with E-state index < -0.39 is 34.6 Å². The molecule has 2 fully saturated rings. The van der Waals surface area contributed by atoms with Crippen LogP contribution in [0.5, 0.6) is 0 Å². The number of esters is 1. The van der Waals surface area contributed by atoms with Crippen molar-refractivity contribution < 1.29 is 24.2 Å². The smallest absolute Gasteiger partial charge is 0.320 e. The maximum Gasteiger partial charge on any atom is 0.320 e. The van der Waals surface area contributed by atoms with Crippen molar-refractivity contribution in [3.63, 3.8) is 0 Å². The van der Waals surface area contributed by atoms with Crippen LogP contribution in [0.15, 0.2) is 59.8 Å². The number of allylic oxidation sites excluding steroid dienone is 6. The number of ketones is 1. The van der Waals surface area contributed by atoms with Crippen LogP contribution in [0.2, 0.25) is 0 Å². The van der Waals surface area contributed by atoms with Crippen molar-refractivity contribution >= 4 is 11.8 Å². The van der Waals surface area contributed by atoms with Crippen LogP contribution in [-0.2, 0) is 19.1 Å². The summed E-state index contributed by atoms with van der Waals surface area (Å²) < 4.78 is 11.5. The molecule has 2 aliphatic heterocycles. The highest BCUT2D eigenvalue weighted by Gasteiger charge is 2.73. The molecule has 1 saturated carbocycles. The van der Waals surface area contributed by atoms with Gasteiger partial charge in [0, 0.05) is 5.41 Å². The fourth-order valence-electron chi connectivity index (χ4n) is 5.12. The topological polar surface area (TPSA) is 72.8 Å². The zero-order valence-electron chi connectivity index (χ0n) is 19.5. The predicted octanol–water partition coefficient (Wildman–Crippen LogP) is 4.24. The van der Waals surface area contributed by atoms with E-state index in [0.717, 1.165) is 11.1 Å². The highest BCUT2D eigenvalue weighted by atomic mass is 16.6. The van der Waals surface area contributed by atoms with Crippen molar-refractivity contribution in [1.82, 2.24) is 0 Å². The monoisotopic (exact) mass is 426 g/mol. The quantitative estimate of drug-likeness (QED) is 0.308. The molecule has 0 spiro atoms. The minimum atomic E-state index is -1.11. The number of carbonyl (C=O) groups excluding carboxylic acids is 2. The fourth-order valence-corrected chi connectivity index (χ4v) is 5.12. The number of fused-ring (bicyclic) bond motifs is 2. The van der Waals surface area contributed by atoms with Gasteiger partial charge in [-0.25, -0.2) is 0 Å². The third-order valence-electron chi connectivity index (χ3n) is 7.36. The molecule has 0 amide bonds. The van der Waals surface area contributed by atoms with E-state index >= 15 is 0 Å². The zero-order chi connectivity index (χ0) is 23.2. The van der Waals surface area contributed by atoms with Crippen LogP contribution in [0, 0.1) is 16.7 Å². The van der Waals surface area contributed by atoms with Crippen LogP contribution in [0.25, 0.3) is 0 Å². The summed E-state index contributed by atoms with van der Waals surface area (Å²) in [6, 6.07) is 0. The van der Waals surface area contributed by atoms with Gasteiger partial charge >= 0.3 is 5.97 Å². The average Bonchev–Trinajstić information content (AvgIpc) is 2.97. The van der Waals surface area contributed by atoms with Crippen molar-refractivity contribution in [2.24, 2.45) is 16.7 Å². The van der Waals surface area contributed by atoms with E-state index in [-0.39, 0.29) is 17.8 Å². The Labute approximate surface area is 185 Å². The van der Waals surface area contributed by atoms with E-state index in [0.29, 0.717) is 0 Å². The van der Waals surface area contributed by atoms with Gasteiger partial charge in [-0.1, -0.05) is 56.4 Å². The molecule has 1 N–H and O–H groups in total. The van der Waals surface area contributed by atoms with Gasteiger partial charge in [0.25, 0.3) is 0 Å². The van der Waals surface area contributed by atoms with Crippen molar-refractivity contribution in [3.05, 3.63) is 59.8 Å². The van der Waals surface area contributed by atoms with E-state index in [2.05, 4.69) is 0 Å². The molecule has 3 aliphatic rings. The summed E-state index contributed by atoms with van der Waals surface area (Å²) in [6.07, 6.45) is 14.3. The molecule has 2 heterocycles. The molecule has 7 atom stereocenters. The van der Waals surface area contributed by atoms with Crippen molar-refractivity contribution in [2.75, 3.05) is 0 Å². The molecule has 3 rings (SSSR count). The largest absolute Gasteiger partial charge is 0.460 e. The van der Waals surface area contributed by atoms with E-state index in [1.54, 1.807) is 13.8 Å². The van der Waals surface area contributed by atoms with Gasteiger partial charge in [-0.3, -0.25) is 9.59 Å². The normalized spacial score (nSPS) is 43.5. The van der Waals surface area contributed by atoms with Gasteiger partial charge in [0.1, 0.15) is 23.2 Å². The van der Waals surface area contributed by atoms with Crippen LogP contribution >= 0.6 is 0 Å². The molecule has 2 bridgehead atoms.